The van der Waals surface area contributed by atoms with Gasteiger partial charge in [0, 0.05) is 49.2 Å². The molecule has 1 aliphatic rings. The average Bonchev–Trinajstić information content (AvgIpc) is 3.15. The molecule has 4 rings (SSSR count). The van der Waals surface area contributed by atoms with Crippen LogP contribution < -0.4 is 20.7 Å². The molecule has 0 saturated heterocycles. The average molecular weight is 645 g/mol. The van der Waals surface area contributed by atoms with Crippen molar-refractivity contribution in [2.45, 2.75) is 32.7 Å². The zero-order valence-electron chi connectivity index (χ0n) is 25.3. The molecule has 0 atom stereocenters. The van der Waals surface area contributed by atoms with Crippen molar-refractivity contribution in [1.82, 2.24) is 20.2 Å². The molecule has 3 N–H and O–H groups in total. The van der Waals surface area contributed by atoms with Crippen LogP contribution in [-0.2, 0) is 9.84 Å². The number of nitrogens with zero attached hydrogens (tertiary/aromatic N) is 3. The van der Waals surface area contributed by atoms with E-state index in [-0.39, 0.29) is 30.3 Å². The number of alkyl halides is 1. The summed E-state index contributed by atoms with van der Waals surface area (Å²) in [6.45, 7) is 6.60. The van der Waals surface area contributed by atoms with Gasteiger partial charge in [-0.3, -0.25) is 9.69 Å². The van der Waals surface area contributed by atoms with Gasteiger partial charge in [-0.25, -0.2) is 22.8 Å². The second-order valence-electron chi connectivity index (χ2n) is 11.7. The predicted octanol–water partition coefficient (Wildman–Crippen LogP) is 5.71. The molecule has 1 amide bonds. The van der Waals surface area contributed by atoms with Gasteiger partial charge in [0.1, 0.15) is 46.0 Å². The predicted molar refractivity (Wildman–Crippen MR) is 174 cm³/mol. The molecule has 236 valence electrons. The lowest BCUT2D eigenvalue weighted by Gasteiger charge is -2.22. The largest absolute Gasteiger partial charge is 0.456 e. The van der Waals surface area contributed by atoms with Crippen LogP contribution in [0.3, 0.4) is 0 Å². The van der Waals surface area contributed by atoms with E-state index in [2.05, 4.69) is 25.9 Å². The second kappa shape index (κ2) is 14.4. The van der Waals surface area contributed by atoms with E-state index >= 15 is 0 Å². The fourth-order valence-corrected chi connectivity index (χ4v) is 5.33. The number of hydrogen-bond donors (Lipinski definition) is 3. The van der Waals surface area contributed by atoms with Gasteiger partial charge in [0.25, 0.3) is 5.91 Å². The Bertz CT molecular complexity index is 1630. The molecular weight excluding hydrogens is 607 g/mol. The Kier molecular flexibility index (Phi) is 10.8. The molecule has 1 aromatic heterocycles. The molecule has 44 heavy (non-hydrogen) atoms. The van der Waals surface area contributed by atoms with Crippen molar-refractivity contribution >= 4 is 50.7 Å². The molecule has 2 aromatic carbocycles. The number of carbonyl (C=O) groups is 1. The molecular formula is C31H38ClFN6O4S. The number of hydrogen-bond acceptors (Lipinski definition) is 9. The van der Waals surface area contributed by atoms with Crippen LogP contribution in [0.15, 0.2) is 54.4 Å². The SMILES string of the molecule is CC(C)(C)NC(=O)c1cccc(Oc2ccc(Nc3ncnc4c3C=C(CN(CCF)CCS(C)(=O)=O)CCN4)cc2Cl)c1. The van der Waals surface area contributed by atoms with Crippen molar-refractivity contribution in [3.63, 3.8) is 0 Å². The highest BCUT2D eigenvalue weighted by atomic mass is 35.5. The summed E-state index contributed by atoms with van der Waals surface area (Å²) in [7, 11) is -3.17. The molecule has 1 aliphatic heterocycles. The lowest BCUT2D eigenvalue weighted by molar-refractivity contribution is 0.0919. The molecule has 0 fully saturated rings. The molecule has 13 heteroatoms. The summed E-state index contributed by atoms with van der Waals surface area (Å²) in [6.07, 6.45) is 5.27. The summed E-state index contributed by atoms with van der Waals surface area (Å²) < 4.78 is 42.6. The second-order valence-corrected chi connectivity index (χ2v) is 14.3. The van der Waals surface area contributed by atoms with Gasteiger partial charge in [0.15, 0.2) is 0 Å². The standard InChI is InChI=1S/C31H38ClFN6O4S/c1-31(2,3)38-30(40)22-6-5-7-24(17-22)43-27-9-8-23(18-26(27)32)37-29-25-16-21(10-12-34-28(25)35-20-36-29)19-39(13-11-33)14-15-44(4,41)42/h5-9,16-18,20H,10-15,19H2,1-4H3,(H,38,40)(H2,34,35,36,37). The lowest BCUT2D eigenvalue weighted by atomic mass is 10.1. The number of sulfone groups is 1. The Morgan fingerprint density at radius 1 is 1.16 bits per heavy atom. The van der Waals surface area contributed by atoms with E-state index in [4.69, 9.17) is 16.3 Å². The molecule has 2 heterocycles. The van der Waals surface area contributed by atoms with E-state index in [1.807, 2.05) is 26.8 Å². The highest BCUT2D eigenvalue weighted by molar-refractivity contribution is 7.90. The topological polar surface area (TPSA) is 126 Å². The molecule has 3 aromatic rings. The number of fused-ring (bicyclic) bond motifs is 1. The summed E-state index contributed by atoms with van der Waals surface area (Å²) in [6, 6.07) is 12.1. The van der Waals surface area contributed by atoms with Gasteiger partial charge < -0.3 is 20.7 Å². The summed E-state index contributed by atoms with van der Waals surface area (Å²) >= 11 is 6.60. The number of anilines is 3. The monoisotopic (exact) mass is 644 g/mol. The number of carbonyl (C=O) groups excluding carboxylic acids is 1. The first-order chi connectivity index (χ1) is 20.8. The van der Waals surface area contributed by atoms with Crippen molar-refractivity contribution < 1.29 is 22.3 Å². The lowest BCUT2D eigenvalue weighted by Crippen LogP contribution is -2.40. The number of amides is 1. The van der Waals surface area contributed by atoms with Gasteiger partial charge in [-0.05, 0) is 69.7 Å². The molecule has 0 aliphatic carbocycles. The zero-order chi connectivity index (χ0) is 31.9. The summed E-state index contributed by atoms with van der Waals surface area (Å²) in [5.74, 6) is 1.83. The number of aromatic nitrogens is 2. The Labute approximate surface area is 263 Å². The molecule has 10 nitrogen and oxygen atoms in total. The van der Waals surface area contributed by atoms with E-state index in [9.17, 15) is 17.6 Å². The zero-order valence-corrected chi connectivity index (χ0v) is 26.9. The Balaban J connectivity index is 1.51. The number of benzene rings is 2. The molecule has 0 radical (unpaired) electrons. The van der Waals surface area contributed by atoms with Crippen molar-refractivity contribution in [1.29, 1.82) is 0 Å². The maximum absolute atomic E-state index is 13.2. The summed E-state index contributed by atoms with van der Waals surface area (Å²) in [5.41, 5.74) is 2.49. The van der Waals surface area contributed by atoms with Gasteiger partial charge in [-0.2, -0.15) is 0 Å². The smallest absolute Gasteiger partial charge is 0.251 e. The van der Waals surface area contributed by atoms with Gasteiger partial charge in [-0.15, -0.1) is 0 Å². The van der Waals surface area contributed by atoms with Crippen LogP contribution in [0.4, 0.5) is 21.7 Å². The number of halogens is 2. The third-order valence-electron chi connectivity index (χ3n) is 6.58. The summed E-state index contributed by atoms with van der Waals surface area (Å²) in [5, 5.41) is 9.89. The van der Waals surface area contributed by atoms with Crippen LogP contribution in [0.25, 0.3) is 6.08 Å². The third kappa shape index (κ3) is 9.90. The maximum Gasteiger partial charge on any atom is 0.251 e. The minimum absolute atomic E-state index is 0.0382. The third-order valence-corrected chi connectivity index (χ3v) is 7.80. The van der Waals surface area contributed by atoms with E-state index in [1.54, 1.807) is 47.4 Å². The molecule has 0 bridgehead atoms. The van der Waals surface area contributed by atoms with Gasteiger partial charge in [0.2, 0.25) is 0 Å². The minimum Gasteiger partial charge on any atom is -0.456 e. The minimum atomic E-state index is -3.17. The number of nitrogens with one attached hydrogen (secondary N) is 3. The molecule has 0 saturated carbocycles. The van der Waals surface area contributed by atoms with Gasteiger partial charge >= 0.3 is 0 Å². The van der Waals surface area contributed by atoms with Crippen LogP contribution in [0.5, 0.6) is 11.5 Å². The van der Waals surface area contributed by atoms with E-state index in [0.29, 0.717) is 58.9 Å². The molecule has 0 spiro atoms. The van der Waals surface area contributed by atoms with E-state index in [0.717, 1.165) is 11.1 Å². The van der Waals surface area contributed by atoms with Crippen molar-refractivity contribution in [3.05, 3.63) is 70.5 Å². The van der Waals surface area contributed by atoms with Crippen LogP contribution >= 0.6 is 11.6 Å². The van der Waals surface area contributed by atoms with E-state index in [1.165, 1.54) is 12.6 Å². The highest BCUT2D eigenvalue weighted by Crippen LogP contribution is 2.34. The van der Waals surface area contributed by atoms with Crippen LogP contribution in [0, 0.1) is 0 Å². The first-order valence-electron chi connectivity index (χ1n) is 14.2. The fourth-order valence-electron chi connectivity index (χ4n) is 4.53. The molecule has 0 unspecified atom stereocenters. The Hall–Kier alpha value is -3.74. The van der Waals surface area contributed by atoms with Gasteiger partial charge in [0.05, 0.1) is 16.3 Å². The number of ether oxygens (including phenoxy) is 1. The highest BCUT2D eigenvalue weighted by Gasteiger charge is 2.19. The Morgan fingerprint density at radius 2 is 1.95 bits per heavy atom. The summed E-state index contributed by atoms with van der Waals surface area (Å²) in [4.78, 5) is 23.2. The first-order valence-corrected chi connectivity index (χ1v) is 16.6. The van der Waals surface area contributed by atoms with Crippen LogP contribution in [-0.4, -0.2) is 79.6 Å². The quantitative estimate of drug-likeness (QED) is 0.227. The van der Waals surface area contributed by atoms with Crippen molar-refractivity contribution in [2.24, 2.45) is 0 Å². The normalized spacial score (nSPS) is 13.4. The van der Waals surface area contributed by atoms with Crippen LogP contribution in [0.2, 0.25) is 5.02 Å². The maximum atomic E-state index is 13.2. The van der Waals surface area contributed by atoms with Crippen LogP contribution in [0.1, 0.15) is 43.1 Å². The van der Waals surface area contributed by atoms with E-state index < -0.39 is 16.5 Å². The fraction of sp³-hybridized carbons (Fsp3) is 0.387. The van der Waals surface area contributed by atoms with Crippen molar-refractivity contribution in [2.75, 3.05) is 55.5 Å². The van der Waals surface area contributed by atoms with Crippen molar-refractivity contribution in [3.8, 4) is 11.5 Å². The Morgan fingerprint density at radius 3 is 2.66 bits per heavy atom. The number of rotatable bonds is 12. The van der Waals surface area contributed by atoms with Gasteiger partial charge in [-0.1, -0.05) is 23.2 Å². The first kappa shape index (κ1) is 33.2.